The van der Waals surface area contributed by atoms with E-state index in [1.54, 1.807) is 36.4 Å². The summed E-state index contributed by atoms with van der Waals surface area (Å²) < 4.78 is 5.35. The zero-order valence-corrected chi connectivity index (χ0v) is 18.6. The first-order chi connectivity index (χ1) is 15.1. The molecule has 2 N–H and O–H groups in total. The van der Waals surface area contributed by atoms with Crippen molar-refractivity contribution in [2.24, 2.45) is 0 Å². The summed E-state index contributed by atoms with van der Waals surface area (Å²) in [4.78, 5) is 24.3. The van der Waals surface area contributed by atoms with Gasteiger partial charge in [0.15, 0.2) is 0 Å². The lowest BCUT2D eigenvalue weighted by Gasteiger charge is -2.08. The van der Waals surface area contributed by atoms with E-state index in [4.69, 9.17) is 4.74 Å². The van der Waals surface area contributed by atoms with Crippen LogP contribution in [0, 0.1) is 0 Å². The Morgan fingerprint density at radius 3 is 1.84 bits per heavy atom. The summed E-state index contributed by atoms with van der Waals surface area (Å²) in [5.74, 6) is -0.513. The lowest BCUT2D eigenvalue weighted by molar-refractivity contribution is 0.0497. The van der Waals surface area contributed by atoms with Crippen LogP contribution in [0.15, 0.2) is 48.5 Å². The summed E-state index contributed by atoms with van der Waals surface area (Å²) in [7, 11) is 0. The number of carbonyl (C=O) groups is 2. The number of anilines is 1. The van der Waals surface area contributed by atoms with Gasteiger partial charge in [0.05, 0.1) is 12.2 Å². The highest BCUT2D eigenvalue weighted by molar-refractivity contribution is 6.04. The minimum atomic E-state index is -0.340. The Labute approximate surface area is 185 Å². The Balaban J connectivity index is 1.60. The van der Waals surface area contributed by atoms with E-state index in [-0.39, 0.29) is 17.6 Å². The molecule has 0 fully saturated rings. The molecule has 0 spiro atoms. The number of amides is 1. The Bertz CT molecular complexity index is 784. The van der Waals surface area contributed by atoms with Crippen molar-refractivity contribution in [2.45, 2.75) is 71.1 Å². The molecule has 168 valence electrons. The van der Waals surface area contributed by atoms with Crippen LogP contribution in [-0.2, 0) is 4.74 Å². The molecule has 0 saturated heterocycles. The molecule has 0 unspecified atom stereocenters. The summed E-state index contributed by atoms with van der Waals surface area (Å²) >= 11 is 0. The number of hydrogen-bond acceptors (Lipinski definition) is 4. The number of phenols is 1. The van der Waals surface area contributed by atoms with Crippen LogP contribution in [-0.4, -0.2) is 23.6 Å². The van der Waals surface area contributed by atoms with Crippen LogP contribution >= 0.6 is 0 Å². The number of nitrogens with one attached hydrogen (secondary N) is 1. The molecule has 0 heterocycles. The molecule has 0 saturated carbocycles. The molecule has 2 rings (SSSR count). The van der Waals surface area contributed by atoms with Gasteiger partial charge in [-0.1, -0.05) is 64.7 Å². The Hall–Kier alpha value is -2.82. The second kappa shape index (κ2) is 14.2. The molecular formula is C26H35NO4. The number of hydrogen-bond donors (Lipinski definition) is 2. The molecule has 2 aromatic rings. The normalized spacial score (nSPS) is 10.6. The Morgan fingerprint density at radius 2 is 1.26 bits per heavy atom. The molecule has 0 aliphatic carbocycles. The van der Waals surface area contributed by atoms with Gasteiger partial charge in [0, 0.05) is 11.3 Å². The molecule has 5 nitrogen and oxygen atoms in total. The van der Waals surface area contributed by atoms with E-state index in [1.165, 1.54) is 63.5 Å². The van der Waals surface area contributed by atoms with Gasteiger partial charge in [-0.15, -0.1) is 0 Å². The number of benzene rings is 2. The Kier molecular flexibility index (Phi) is 11.2. The third-order valence-corrected chi connectivity index (χ3v) is 5.24. The van der Waals surface area contributed by atoms with Crippen molar-refractivity contribution < 1.29 is 19.4 Å². The first kappa shape index (κ1) is 24.4. The van der Waals surface area contributed by atoms with Gasteiger partial charge in [-0.05, 0) is 55.0 Å². The minimum absolute atomic E-state index is 0.109. The second-order valence-corrected chi connectivity index (χ2v) is 7.90. The summed E-state index contributed by atoms with van der Waals surface area (Å²) in [6.07, 6.45) is 12.4. The average molecular weight is 426 g/mol. The minimum Gasteiger partial charge on any atom is -0.508 e. The molecule has 2 aromatic carbocycles. The molecule has 0 aliphatic heterocycles. The van der Waals surface area contributed by atoms with Gasteiger partial charge in [-0.25, -0.2) is 4.79 Å². The largest absolute Gasteiger partial charge is 0.508 e. The van der Waals surface area contributed by atoms with Crippen molar-refractivity contribution in [1.29, 1.82) is 0 Å². The van der Waals surface area contributed by atoms with Crippen molar-refractivity contribution in [3.8, 4) is 5.75 Å². The predicted molar refractivity (Wildman–Crippen MR) is 125 cm³/mol. The number of rotatable bonds is 14. The van der Waals surface area contributed by atoms with E-state index in [0.29, 0.717) is 23.4 Å². The zero-order chi connectivity index (χ0) is 22.3. The summed E-state index contributed by atoms with van der Waals surface area (Å²) in [5, 5.41) is 12.1. The van der Waals surface area contributed by atoms with Gasteiger partial charge in [0.25, 0.3) is 5.91 Å². The maximum Gasteiger partial charge on any atom is 0.338 e. The number of unbranched alkanes of at least 4 members (excludes halogenated alkanes) is 9. The van der Waals surface area contributed by atoms with Crippen LogP contribution < -0.4 is 5.32 Å². The van der Waals surface area contributed by atoms with E-state index in [9.17, 15) is 14.7 Å². The van der Waals surface area contributed by atoms with Gasteiger partial charge in [0.1, 0.15) is 5.75 Å². The van der Waals surface area contributed by atoms with Crippen LogP contribution in [0.5, 0.6) is 5.75 Å². The molecule has 0 radical (unpaired) electrons. The van der Waals surface area contributed by atoms with Crippen LogP contribution in [0.2, 0.25) is 0 Å². The van der Waals surface area contributed by atoms with Crippen molar-refractivity contribution in [1.82, 2.24) is 0 Å². The van der Waals surface area contributed by atoms with Gasteiger partial charge in [-0.3, -0.25) is 4.79 Å². The second-order valence-electron chi connectivity index (χ2n) is 7.90. The third kappa shape index (κ3) is 9.69. The maximum atomic E-state index is 12.2. The lowest BCUT2D eigenvalue weighted by Crippen LogP contribution is -2.12. The van der Waals surface area contributed by atoms with Gasteiger partial charge in [-0.2, -0.15) is 0 Å². The fourth-order valence-electron chi connectivity index (χ4n) is 3.34. The molecule has 1 amide bonds. The molecule has 0 atom stereocenters. The molecule has 31 heavy (non-hydrogen) atoms. The van der Waals surface area contributed by atoms with E-state index in [0.717, 1.165) is 12.8 Å². The van der Waals surface area contributed by atoms with Crippen LogP contribution in [0.3, 0.4) is 0 Å². The predicted octanol–water partition coefficient (Wildman–Crippen LogP) is 6.72. The Morgan fingerprint density at radius 1 is 0.742 bits per heavy atom. The van der Waals surface area contributed by atoms with Crippen LogP contribution in [0.25, 0.3) is 0 Å². The highest BCUT2D eigenvalue weighted by Gasteiger charge is 2.09. The zero-order valence-electron chi connectivity index (χ0n) is 18.6. The molecule has 0 aliphatic rings. The van der Waals surface area contributed by atoms with Crippen molar-refractivity contribution >= 4 is 17.6 Å². The van der Waals surface area contributed by atoms with E-state index in [2.05, 4.69) is 12.2 Å². The number of ether oxygens (including phenoxy) is 1. The van der Waals surface area contributed by atoms with Crippen LogP contribution in [0.4, 0.5) is 5.69 Å². The van der Waals surface area contributed by atoms with Crippen molar-refractivity contribution in [3.63, 3.8) is 0 Å². The molecule has 0 aromatic heterocycles. The first-order valence-corrected chi connectivity index (χ1v) is 11.5. The monoisotopic (exact) mass is 425 g/mol. The summed E-state index contributed by atoms with van der Waals surface area (Å²) in [6.45, 7) is 2.68. The molecule has 0 bridgehead atoms. The van der Waals surface area contributed by atoms with Gasteiger partial charge >= 0.3 is 5.97 Å². The average Bonchev–Trinajstić information content (AvgIpc) is 2.78. The maximum absolute atomic E-state index is 12.2. The summed E-state index contributed by atoms with van der Waals surface area (Å²) in [5.41, 5.74) is 1.50. The summed E-state index contributed by atoms with van der Waals surface area (Å²) in [6, 6.07) is 12.7. The number of esters is 1. The number of carbonyl (C=O) groups excluding carboxylic acids is 2. The third-order valence-electron chi connectivity index (χ3n) is 5.24. The highest BCUT2D eigenvalue weighted by atomic mass is 16.5. The van der Waals surface area contributed by atoms with Crippen LogP contribution in [0.1, 0.15) is 91.8 Å². The van der Waals surface area contributed by atoms with E-state index >= 15 is 0 Å². The van der Waals surface area contributed by atoms with Crippen molar-refractivity contribution in [3.05, 3.63) is 59.7 Å². The fraction of sp³-hybridized carbons (Fsp3) is 0.462. The highest BCUT2D eigenvalue weighted by Crippen LogP contribution is 2.15. The van der Waals surface area contributed by atoms with Crippen molar-refractivity contribution in [2.75, 3.05) is 11.9 Å². The smallest absolute Gasteiger partial charge is 0.338 e. The molecule has 5 heteroatoms. The topological polar surface area (TPSA) is 75.6 Å². The van der Waals surface area contributed by atoms with E-state index < -0.39 is 0 Å². The quantitative estimate of drug-likeness (QED) is 0.260. The lowest BCUT2D eigenvalue weighted by atomic mass is 10.1. The first-order valence-electron chi connectivity index (χ1n) is 11.5. The van der Waals surface area contributed by atoms with Gasteiger partial charge < -0.3 is 15.2 Å². The number of phenolic OH excluding ortho intramolecular Hbond substituents is 1. The number of aromatic hydroxyl groups is 1. The van der Waals surface area contributed by atoms with E-state index in [1.807, 2.05) is 0 Å². The standard InChI is InChI=1S/C26H35NO4/c1-2-3-4-5-6-7-8-9-10-11-20-31-26(30)22-12-16-23(17-13-22)27-25(29)21-14-18-24(28)19-15-21/h12-19,28H,2-11,20H2,1H3,(H,27,29). The molecular weight excluding hydrogens is 390 g/mol. The van der Waals surface area contributed by atoms with Gasteiger partial charge in [0.2, 0.25) is 0 Å². The SMILES string of the molecule is CCCCCCCCCCCCOC(=O)c1ccc(NC(=O)c2ccc(O)cc2)cc1. The fourth-order valence-corrected chi connectivity index (χ4v) is 3.34.